The maximum absolute atomic E-state index is 12.8. The normalized spacial score (nSPS) is 23.1. The summed E-state index contributed by atoms with van der Waals surface area (Å²) in [6, 6.07) is 2.62. The van der Waals surface area contributed by atoms with E-state index in [9.17, 15) is 4.79 Å². The van der Waals surface area contributed by atoms with Crippen LogP contribution in [0.2, 0.25) is 0 Å². The molecule has 0 aromatic carbocycles. The molecule has 0 spiro atoms. The van der Waals surface area contributed by atoms with Crippen molar-refractivity contribution in [3.05, 3.63) is 22.4 Å². The van der Waals surface area contributed by atoms with Gasteiger partial charge in [-0.2, -0.15) is 0 Å². The molecule has 1 aromatic heterocycles. The third-order valence-corrected chi connectivity index (χ3v) is 4.80. The molecule has 4 heteroatoms. The molecule has 0 aliphatic heterocycles. The van der Waals surface area contributed by atoms with E-state index in [1.807, 2.05) is 24.2 Å². The maximum atomic E-state index is 12.8. The summed E-state index contributed by atoms with van der Waals surface area (Å²) in [6.45, 7) is 6.50. The quantitative estimate of drug-likeness (QED) is 0.796. The van der Waals surface area contributed by atoms with E-state index in [0.29, 0.717) is 12.1 Å². The Bertz CT molecular complexity index is 481. The van der Waals surface area contributed by atoms with E-state index in [1.165, 1.54) is 12.8 Å². The zero-order valence-electron chi connectivity index (χ0n) is 12.9. The molecular formula is C16H25BrN2O. The highest BCUT2D eigenvalue weighted by Crippen LogP contribution is 2.28. The van der Waals surface area contributed by atoms with E-state index >= 15 is 0 Å². The number of amides is 1. The Hall–Kier alpha value is -0.770. The monoisotopic (exact) mass is 340 g/mol. The SMILES string of the molecule is CC1CCCC(N(C)C(=O)c2cc(Br)cn2C(C)C)C1. The number of carbonyl (C=O) groups excluding carboxylic acids is 1. The van der Waals surface area contributed by atoms with Crippen molar-refractivity contribution in [2.45, 2.75) is 58.5 Å². The summed E-state index contributed by atoms with van der Waals surface area (Å²) in [5, 5.41) is 0. The molecule has 2 rings (SSSR count). The van der Waals surface area contributed by atoms with Gasteiger partial charge in [0.1, 0.15) is 5.69 Å². The molecule has 0 saturated heterocycles. The van der Waals surface area contributed by atoms with Gasteiger partial charge in [-0.15, -0.1) is 0 Å². The van der Waals surface area contributed by atoms with Gasteiger partial charge in [0.2, 0.25) is 0 Å². The molecule has 2 atom stereocenters. The Kier molecular flexibility index (Phi) is 4.95. The van der Waals surface area contributed by atoms with Crippen LogP contribution in [0.15, 0.2) is 16.7 Å². The first-order valence-electron chi connectivity index (χ1n) is 7.54. The second-order valence-corrected chi connectivity index (χ2v) is 7.30. The van der Waals surface area contributed by atoms with Crippen molar-refractivity contribution in [1.82, 2.24) is 9.47 Å². The Morgan fingerprint density at radius 2 is 2.15 bits per heavy atom. The highest BCUT2D eigenvalue weighted by Gasteiger charge is 2.27. The van der Waals surface area contributed by atoms with Crippen LogP contribution in [0.1, 0.15) is 63.0 Å². The molecule has 3 nitrogen and oxygen atoms in total. The van der Waals surface area contributed by atoms with Crippen LogP contribution in [0.3, 0.4) is 0 Å². The fourth-order valence-electron chi connectivity index (χ4n) is 3.14. The van der Waals surface area contributed by atoms with Gasteiger partial charge in [-0.05, 0) is 54.6 Å². The van der Waals surface area contributed by atoms with Gasteiger partial charge >= 0.3 is 0 Å². The Balaban J connectivity index is 2.18. The van der Waals surface area contributed by atoms with Crippen molar-refractivity contribution in [1.29, 1.82) is 0 Å². The fraction of sp³-hybridized carbons (Fsp3) is 0.688. The maximum Gasteiger partial charge on any atom is 0.270 e. The average molecular weight is 341 g/mol. The molecule has 20 heavy (non-hydrogen) atoms. The minimum Gasteiger partial charge on any atom is -0.340 e. The zero-order chi connectivity index (χ0) is 14.9. The number of halogens is 1. The van der Waals surface area contributed by atoms with Crippen LogP contribution in [0.4, 0.5) is 0 Å². The van der Waals surface area contributed by atoms with Gasteiger partial charge in [0.15, 0.2) is 0 Å². The first kappa shape index (κ1) is 15.6. The molecule has 0 bridgehead atoms. The number of nitrogens with zero attached hydrogens (tertiary/aromatic N) is 2. The minimum atomic E-state index is 0.142. The van der Waals surface area contributed by atoms with Crippen LogP contribution in [0.25, 0.3) is 0 Å². The molecular weight excluding hydrogens is 316 g/mol. The summed E-state index contributed by atoms with van der Waals surface area (Å²) in [7, 11) is 1.95. The Morgan fingerprint density at radius 1 is 1.45 bits per heavy atom. The van der Waals surface area contributed by atoms with Crippen LogP contribution in [-0.2, 0) is 0 Å². The first-order valence-corrected chi connectivity index (χ1v) is 8.34. The Labute approximate surface area is 130 Å². The molecule has 0 radical (unpaired) electrons. The smallest absolute Gasteiger partial charge is 0.270 e. The number of hydrogen-bond acceptors (Lipinski definition) is 1. The van der Waals surface area contributed by atoms with Crippen LogP contribution < -0.4 is 0 Å². The van der Waals surface area contributed by atoms with Gasteiger partial charge in [-0.1, -0.05) is 19.8 Å². The molecule has 1 fully saturated rings. The van der Waals surface area contributed by atoms with Crippen molar-refractivity contribution in [3.63, 3.8) is 0 Å². The lowest BCUT2D eigenvalue weighted by atomic mass is 9.86. The van der Waals surface area contributed by atoms with E-state index < -0.39 is 0 Å². The third kappa shape index (κ3) is 3.27. The highest BCUT2D eigenvalue weighted by atomic mass is 79.9. The van der Waals surface area contributed by atoms with Crippen molar-refractivity contribution in [2.24, 2.45) is 5.92 Å². The van der Waals surface area contributed by atoms with Crippen LogP contribution in [-0.4, -0.2) is 28.5 Å². The highest BCUT2D eigenvalue weighted by molar-refractivity contribution is 9.10. The van der Waals surface area contributed by atoms with Gasteiger partial charge in [-0.3, -0.25) is 4.79 Å². The summed E-state index contributed by atoms with van der Waals surface area (Å²) in [5.74, 6) is 0.871. The predicted molar refractivity (Wildman–Crippen MR) is 86.0 cm³/mol. The van der Waals surface area contributed by atoms with Gasteiger partial charge < -0.3 is 9.47 Å². The van der Waals surface area contributed by atoms with Crippen LogP contribution in [0.5, 0.6) is 0 Å². The third-order valence-electron chi connectivity index (χ3n) is 4.37. The topological polar surface area (TPSA) is 25.2 Å². The molecule has 1 aliphatic rings. The lowest BCUT2D eigenvalue weighted by molar-refractivity contribution is 0.0660. The van der Waals surface area contributed by atoms with Crippen molar-refractivity contribution in [3.8, 4) is 0 Å². The van der Waals surface area contributed by atoms with E-state index in [-0.39, 0.29) is 5.91 Å². The molecule has 0 N–H and O–H groups in total. The van der Waals surface area contributed by atoms with E-state index in [4.69, 9.17) is 0 Å². The second kappa shape index (κ2) is 6.33. The van der Waals surface area contributed by atoms with Crippen LogP contribution >= 0.6 is 15.9 Å². The molecule has 2 unspecified atom stereocenters. The van der Waals surface area contributed by atoms with Crippen molar-refractivity contribution >= 4 is 21.8 Å². The van der Waals surface area contributed by atoms with E-state index in [2.05, 4.69) is 41.3 Å². The standard InChI is InChI=1S/C16H25BrN2O/c1-11(2)19-10-13(17)9-15(19)16(20)18(4)14-7-5-6-12(3)8-14/h9-12,14H,5-8H2,1-4H3. The lowest BCUT2D eigenvalue weighted by Crippen LogP contribution is -2.40. The number of aromatic nitrogens is 1. The van der Waals surface area contributed by atoms with Crippen LogP contribution in [0, 0.1) is 5.92 Å². The molecule has 1 aliphatic carbocycles. The molecule has 1 amide bonds. The Morgan fingerprint density at radius 3 is 2.75 bits per heavy atom. The van der Waals surface area contributed by atoms with Gasteiger partial charge in [0.25, 0.3) is 5.91 Å². The molecule has 1 aromatic rings. The van der Waals surface area contributed by atoms with E-state index in [0.717, 1.165) is 28.9 Å². The number of hydrogen-bond donors (Lipinski definition) is 0. The molecule has 1 saturated carbocycles. The number of rotatable bonds is 3. The fourth-order valence-corrected chi connectivity index (χ4v) is 3.58. The predicted octanol–water partition coefficient (Wildman–Crippen LogP) is 4.48. The summed E-state index contributed by atoms with van der Waals surface area (Å²) in [4.78, 5) is 14.7. The summed E-state index contributed by atoms with van der Waals surface area (Å²) in [6.07, 6.45) is 6.79. The summed E-state index contributed by atoms with van der Waals surface area (Å²) < 4.78 is 3.02. The second-order valence-electron chi connectivity index (χ2n) is 6.39. The summed E-state index contributed by atoms with van der Waals surface area (Å²) in [5.41, 5.74) is 0.785. The summed E-state index contributed by atoms with van der Waals surface area (Å²) >= 11 is 3.48. The van der Waals surface area contributed by atoms with Gasteiger partial charge in [0.05, 0.1) is 0 Å². The van der Waals surface area contributed by atoms with Crippen molar-refractivity contribution < 1.29 is 4.79 Å². The van der Waals surface area contributed by atoms with E-state index in [1.54, 1.807) is 0 Å². The lowest BCUT2D eigenvalue weighted by Gasteiger charge is -2.34. The minimum absolute atomic E-state index is 0.142. The molecule has 112 valence electrons. The van der Waals surface area contributed by atoms with Gasteiger partial charge in [0, 0.05) is 29.8 Å². The van der Waals surface area contributed by atoms with Gasteiger partial charge in [-0.25, -0.2) is 0 Å². The largest absolute Gasteiger partial charge is 0.340 e. The average Bonchev–Trinajstić information content (AvgIpc) is 2.79. The van der Waals surface area contributed by atoms with Crippen molar-refractivity contribution in [2.75, 3.05) is 7.05 Å². The first-order chi connectivity index (χ1) is 9.40. The molecule has 1 heterocycles. The number of carbonyl (C=O) groups is 1. The zero-order valence-corrected chi connectivity index (χ0v) is 14.5.